The van der Waals surface area contributed by atoms with E-state index in [2.05, 4.69) is 10.1 Å². The molecule has 2 aromatic rings. The minimum Gasteiger partial charge on any atom is -0.479 e. The summed E-state index contributed by atoms with van der Waals surface area (Å²) < 4.78 is 15.1. The molecule has 0 aliphatic carbocycles. The normalized spacial score (nSPS) is 14.7. The summed E-state index contributed by atoms with van der Waals surface area (Å²) >= 11 is 0. The first kappa shape index (κ1) is 18.7. The summed E-state index contributed by atoms with van der Waals surface area (Å²) in [5, 5.41) is 11.1. The number of imide groups is 1. The minimum absolute atomic E-state index is 0.0190. The SMILES string of the molecule is COC(=O)c1ccc(CN2C(=O)N/C(=C\c3cccc(OCC#N)c3)C2=O)o1. The average molecular weight is 381 g/mol. The van der Waals surface area contributed by atoms with Gasteiger partial charge in [0, 0.05) is 0 Å². The predicted octanol–water partition coefficient (Wildman–Crippen LogP) is 2.06. The first-order chi connectivity index (χ1) is 13.5. The van der Waals surface area contributed by atoms with Gasteiger partial charge in [0.05, 0.1) is 13.7 Å². The van der Waals surface area contributed by atoms with Gasteiger partial charge < -0.3 is 19.2 Å². The molecule has 1 saturated heterocycles. The number of carbonyl (C=O) groups is 3. The van der Waals surface area contributed by atoms with E-state index in [1.165, 1.54) is 25.3 Å². The van der Waals surface area contributed by atoms with Crippen LogP contribution < -0.4 is 10.1 Å². The van der Waals surface area contributed by atoms with Gasteiger partial charge in [0.25, 0.3) is 5.91 Å². The summed E-state index contributed by atoms with van der Waals surface area (Å²) in [6.07, 6.45) is 1.50. The fraction of sp³-hybridized carbons (Fsp3) is 0.158. The second-order valence-corrected chi connectivity index (χ2v) is 5.66. The lowest BCUT2D eigenvalue weighted by Crippen LogP contribution is -2.30. The van der Waals surface area contributed by atoms with Gasteiger partial charge in [-0.05, 0) is 35.9 Å². The van der Waals surface area contributed by atoms with Gasteiger partial charge in [0.15, 0.2) is 6.61 Å². The van der Waals surface area contributed by atoms with Gasteiger partial charge in [0.2, 0.25) is 5.76 Å². The zero-order valence-electron chi connectivity index (χ0n) is 14.8. The third kappa shape index (κ3) is 4.02. The average Bonchev–Trinajstić information content (AvgIpc) is 3.27. The lowest BCUT2D eigenvalue weighted by molar-refractivity contribution is -0.123. The van der Waals surface area contributed by atoms with E-state index in [1.807, 2.05) is 6.07 Å². The number of carbonyl (C=O) groups excluding carboxylic acids is 3. The molecule has 1 fully saturated rings. The van der Waals surface area contributed by atoms with Gasteiger partial charge in [-0.1, -0.05) is 12.1 Å². The molecule has 0 radical (unpaired) electrons. The molecule has 1 N–H and O–H groups in total. The van der Waals surface area contributed by atoms with E-state index in [4.69, 9.17) is 14.4 Å². The smallest absolute Gasteiger partial charge is 0.373 e. The highest BCUT2D eigenvalue weighted by molar-refractivity contribution is 6.13. The van der Waals surface area contributed by atoms with Crippen LogP contribution in [0.4, 0.5) is 4.79 Å². The molecule has 0 bridgehead atoms. The molecule has 28 heavy (non-hydrogen) atoms. The molecule has 1 aliphatic heterocycles. The summed E-state index contributed by atoms with van der Waals surface area (Å²) in [5.74, 6) is -0.478. The van der Waals surface area contributed by atoms with Crippen LogP contribution >= 0.6 is 0 Å². The highest BCUT2D eigenvalue weighted by atomic mass is 16.5. The van der Waals surface area contributed by atoms with E-state index in [-0.39, 0.29) is 30.4 Å². The molecule has 3 rings (SSSR count). The standard InChI is InChI=1S/C19H15N3O6/c1-26-18(24)16-6-5-14(28-16)11-22-17(23)15(21-19(22)25)10-12-3-2-4-13(9-12)27-8-7-20/h2-6,9-10H,8,11H2,1H3,(H,21,25)/b15-10-. The molecular weight excluding hydrogens is 366 g/mol. The first-order valence-corrected chi connectivity index (χ1v) is 8.13. The van der Waals surface area contributed by atoms with Gasteiger partial charge in [-0.3, -0.25) is 9.69 Å². The van der Waals surface area contributed by atoms with Crippen molar-refractivity contribution < 1.29 is 28.3 Å². The zero-order chi connectivity index (χ0) is 20.1. The van der Waals surface area contributed by atoms with Crippen LogP contribution in [0.2, 0.25) is 0 Å². The Kier molecular flexibility index (Phi) is 5.41. The van der Waals surface area contributed by atoms with Crippen molar-refractivity contribution in [3.05, 3.63) is 59.2 Å². The highest BCUT2D eigenvalue weighted by Crippen LogP contribution is 2.20. The Morgan fingerprint density at radius 2 is 2.14 bits per heavy atom. The van der Waals surface area contributed by atoms with Crippen LogP contribution in [0.1, 0.15) is 21.9 Å². The lowest BCUT2D eigenvalue weighted by Gasteiger charge is -2.09. The number of esters is 1. The van der Waals surface area contributed by atoms with Crippen molar-refractivity contribution in [2.75, 3.05) is 13.7 Å². The van der Waals surface area contributed by atoms with Crippen LogP contribution in [0, 0.1) is 11.3 Å². The van der Waals surface area contributed by atoms with Crippen molar-refractivity contribution in [1.29, 1.82) is 5.26 Å². The van der Waals surface area contributed by atoms with Gasteiger partial charge in [-0.15, -0.1) is 0 Å². The van der Waals surface area contributed by atoms with Gasteiger partial charge in [-0.2, -0.15) is 5.26 Å². The molecule has 1 aromatic heterocycles. The molecule has 9 nitrogen and oxygen atoms in total. The maximum absolute atomic E-state index is 12.5. The van der Waals surface area contributed by atoms with Gasteiger partial charge >= 0.3 is 12.0 Å². The molecule has 9 heteroatoms. The van der Waals surface area contributed by atoms with E-state index in [1.54, 1.807) is 24.3 Å². The molecule has 0 atom stereocenters. The summed E-state index contributed by atoms with van der Waals surface area (Å²) in [4.78, 5) is 37.1. The summed E-state index contributed by atoms with van der Waals surface area (Å²) in [7, 11) is 1.22. The van der Waals surface area contributed by atoms with Gasteiger partial charge in [-0.25, -0.2) is 9.59 Å². The van der Waals surface area contributed by atoms with Crippen molar-refractivity contribution in [3.63, 3.8) is 0 Å². The van der Waals surface area contributed by atoms with E-state index in [9.17, 15) is 14.4 Å². The molecule has 0 saturated carbocycles. The molecule has 0 unspecified atom stereocenters. The Morgan fingerprint density at radius 1 is 1.32 bits per heavy atom. The van der Waals surface area contributed by atoms with E-state index >= 15 is 0 Å². The predicted molar refractivity (Wildman–Crippen MR) is 94.7 cm³/mol. The minimum atomic E-state index is -0.650. The quantitative estimate of drug-likeness (QED) is 0.462. The molecule has 2 heterocycles. The second-order valence-electron chi connectivity index (χ2n) is 5.66. The molecule has 1 aliphatic rings. The van der Waals surface area contributed by atoms with Crippen molar-refractivity contribution in [3.8, 4) is 11.8 Å². The Labute approximate surface area is 159 Å². The van der Waals surface area contributed by atoms with Crippen molar-refractivity contribution in [1.82, 2.24) is 10.2 Å². The summed E-state index contributed by atoms with van der Waals surface area (Å²) in [6.45, 7) is -0.232. The molecular formula is C19H15N3O6. The number of rotatable bonds is 6. The number of urea groups is 1. The van der Waals surface area contributed by atoms with Crippen LogP contribution in [-0.4, -0.2) is 36.5 Å². The number of furan rings is 1. The van der Waals surface area contributed by atoms with Crippen LogP contribution in [0.25, 0.3) is 6.08 Å². The number of hydrogen-bond donors (Lipinski definition) is 1. The number of benzene rings is 1. The molecule has 3 amide bonds. The Morgan fingerprint density at radius 3 is 2.89 bits per heavy atom. The number of nitrogens with zero attached hydrogens (tertiary/aromatic N) is 2. The Hall–Kier alpha value is -4.06. The van der Waals surface area contributed by atoms with Gasteiger partial charge in [0.1, 0.15) is 23.3 Å². The van der Waals surface area contributed by atoms with E-state index in [0.717, 1.165) is 4.90 Å². The second kappa shape index (κ2) is 8.09. The number of nitriles is 1. The van der Waals surface area contributed by atoms with Crippen molar-refractivity contribution in [2.45, 2.75) is 6.54 Å². The maximum Gasteiger partial charge on any atom is 0.373 e. The van der Waals surface area contributed by atoms with E-state index < -0.39 is 17.9 Å². The topological polar surface area (TPSA) is 122 Å². The third-order valence-electron chi connectivity index (χ3n) is 3.80. The van der Waals surface area contributed by atoms with E-state index in [0.29, 0.717) is 11.3 Å². The van der Waals surface area contributed by atoms with Crippen LogP contribution in [0.15, 0.2) is 46.5 Å². The number of ether oxygens (including phenoxy) is 2. The van der Waals surface area contributed by atoms with Crippen LogP contribution in [0.5, 0.6) is 5.75 Å². The Balaban J connectivity index is 1.74. The van der Waals surface area contributed by atoms with Crippen molar-refractivity contribution >= 4 is 24.0 Å². The third-order valence-corrected chi connectivity index (χ3v) is 3.80. The van der Waals surface area contributed by atoms with Crippen LogP contribution in [0.3, 0.4) is 0 Å². The number of hydrogen-bond acceptors (Lipinski definition) is 7. The number of amides is 3. The fourth-order valence-corrected chi connectivity index (χ4v) is 2.52. The maximum atomic E-state index is 12.5. The highest BCUT2D eigenvalue weighted by Gasteiger charge is 2.34. The Bertz CT molecular complexity index is 1000. The first-order valence-electron chi connectivity index (χ1n) is 8.13. The molecule has 0 spiro atoms. The molecule has 142 valence electrons. The fourth-order valence-electron chi connectivity index (χ4n) is 2.52. The largest absolute Gasteiger partial charge is 0.479 e. The summed E-state index contributed by atoms with van der Waals surface area (Å²) in [6, 6.07) is 10.9. The van der Waals surface area contributed by atoms with Crippen LogP contribution in [-0.2, 0) is 16.1 Å². The number of methoxy groups -OCH3 is 1. The zero-order valence-corrected chi connectivity index (χ0v) is 14.8. The monoisotopic (exact) mass is 381 g/mol. The lowest BCUT2D eigenvalue weighted by atomic mass is 10.2. The van der Waals surface area contributed by atoms with Crippen molar-refractivity contribution in [2.24, 2.45) is 0 Å². The summed E-state index contributed by atoms with van der Waals surface area (Å²) in [5.41, 5.74) is 0.703. The molecule has 1 aromatic carbocycles. The number of nitrogens with one attached hydrogen (secondary N) is 1.